The normalized spacial score (nSPS) is 19.4. The zero-order valence-corrected chi connectivity index (χ0v) is 17.2. The van der Waals surface area contributed by atoms with Gasteiger partial charge in [-0.2, -0.15) is 0 Å². The monoisotopic (exact) mass is 396 g/mol. The number of aliphatic hydroxyl groups is 1. The van der Waals surface area contributed by atoms with Crippen molar-refractivity contribution in [3.63, 3.8) is 0 Å². The first kappa shape index (κ1) is 19.6. The van der Waals surface area contributed by atoms with Crippen LogP contribution in [0.3, 0.4) is 0 Å². The molecule has 0 amide bonds. The van der Waals surface area contributed by atoms with Gasteiger partial charge in [0.15, 0.2) is 11.5 Å². The Morgan fingerprint density at radius 3 is 2.38 bits per heavy atom. The van der Waals surface area contributed by atoms with Crippen molar-refractivity contribution in [3.8, 4) is 11.5 Å². The van der Waals surface area contributed by atoms with Crippen LogP contribution in [0, 0.1) is 6.92 Å². The van der Waals surface area contributed by atoms with Gasteiger partial charge in [-0.25, -0.2) is 4.79 Å². The maximum absolute atomic E-state index is 13.5. The predicted octanol–water partition coefficient (Wildman–Crippen LogP) is 3.65. The van der Waals surface area contributed by atoms with Crippen LogP contribution in [0.1, 0.15) is 42.9 Å². The van der Waals surface area contributed by atoms with Gasteiger partial charge in [0, 0.05) is 6.04 Å². The number of fused-ring (bicyclic) bond motifs is 1. The molecular weight excluding hydrogens is 368 g/mol. The van der Waals surface area contributed by atoms with Crippen molar-refractivity contribution in [2.24, 2.45) is 0 Å². The van der Waals surface area contributed by atoms with Gasteiger partial charge in [0.25, 0.3) is 0 Å². The molecule has 1 heterocycles. The maximum Gasteiger partial charge on any atom is 0.329 e. The number of ether oxygens (including phenoxy) is 2. The molecule has 3 aromatic rings. The van der Waals surface area contributed by atoms with Crippen molar-refractivity contribution in [1.82, 2.24) is 9.13 Å². The molecule has 0 atom stereocenters. The summed E-state index contributed by atoms with van der Waals surface area (Å²) in [6, 6.07) is 12.0. The van der Waals surface area contributed by atoms with Crippen LogP contribution in [0.5, 0.6) is 11.5 Å². The van der Waals surface area contributed by atoms with E-state index < -0.39 is 0 Å². The van der Waals surface area contributed by atoms with Crippen molar-refractivity contribution in [1.29, 1.82) is 0 Å². The number of methoxy groups -OCH3 is 2. The summed E-state index contributed by atoms with van der Waals surface area (Å²) in [5, 5.41) is 9.87. The number of aliphatic hydroxyl groups excluding tert-OH is 1. The minimum atomic E-state index is -0.246. The molecule has 1 aromatic heterocycles. The molecule has 4 rings (SSSR count). The lowest BCUT2D eigenvalue weighted by Gasteiger charge is -2.26. The van der Waals surface area contributed by atoms with E-state index in [1.165, 1.54) is 0 Å². The molecule has 1 saturated carbocycles. The van der Waals surface area contributed by atoms with Crippen molar-refractivity contribution in [2.75, 3.05) is 14.2 Å². The molecule has 6 nitrogen and oxygen atoms in total. The van der Waals surface area contributed by atoms with E-state index in [0.29, 0.717) is 18.0 Å². The smallest absolute Gasteiger partial charge is 0.329 e. The molecule has 0 spiro atoms. The topological polar surface area (TPSA) is 65.6 Å². The Labute approximate surface area is 170 Å². The van der Waals surface area contributed by atoms with Crippen LogP contribution in [0.2, 0.25) is 0 Å². The largest absolute Gasteiger partial charge is 0.493 e. The number of benzene rings is 2. The van der Waals surface area contributed by atoms with Crippen LogP contribution in [-0.4, -0.2) is 34.6 Å². The van der Waals surface area contributed by atoms with Crippen molar-refractivity contribution >= 4 is 11.0 Å². The van der Waals surface area contributed by atoms with Crippen LogP contribution in [-0.2, 0) is 6.54 Å². The van der Waals surface area contributed by atoms with Gasteiger partial charge in [0.05, 0.1) is 37.9 Å². The first-order chi connectivity index (χ1) is 14.0. The van der Waals surface area contributed by atoms with E-state index in [9.17, 15) is 9.90 Å². The van der Waals surface area contributed by atoms with Gasteiger partial charge in [-0.15, -0.1) is 0 Å². The van der Waals surface area contributed by atoms with Crippen molar-refractivity contribution in [3.05, 3.63) is 58.0 Å². The Morgan fingerprint density at radius 2 is 1.69 bits per heavy atom. The molecule has 154 valence electrons. The fraction of sp³-hybridized carbons (Fsp3) is 0.435. The van der Waals surface area contributed by atoms with E-state index in [2.05, 4.69) is 12.1 Å². The molecule has 0 aliphatic heterocycles. The first-order valence-corrected chi connectivity index (χ1v) is 10.1. The van der Waals surface area contributed by atoms with Gasteiger partial charge < -0.3 is 14.6 Å². The van der Waals surface area contributed by atoms with Crippen LogP contribution >= 0.6 is 0 Å². The van der Waals surface area contributed by atoms with Gasteiger partial charge in [-0.1, -0.05) is 12.1 Å². The van der Waals surface area contributed by atoms with Crippen LogP contribution in [0.15, 0.2) is 41.2 Å². The number of rotatable bonds is 5. The van der Waals surface area contributed by atoms with Gasteiger partial charge in [0.1, 0.15) is 0 Å². The Morgan fingerprint density at radius 1 is 0.966 bits per heavy atom. The SMILES string of the molecule is COc1ccc(Cn2c(=O)n([C@H]3CC[C@H](O)CC3)c3ccc(C)cc32)cc1OC. The summed E-state index contributed by atoms with van der Waals surface area (Å²) >= 11 is 0. The van der Waals surface area contributed by atoms with E-state index in [0.717, 1.165) is 47.8 Å². The Balaban J connectivity index is 1.79. The summed E-state index contributed by atoms with van der Waals surface area (Å²) in [5.74, 6) is 1.32. The van der Waals surface area contributed by atoms with Crippen LogP contribution in [0.25, 0.3) is 11.0 Å². The lowest BCUT2D eigenvalue weighted by molar-refractivity contribution is 0.110. The second kappa shape index (κ2) is 7.95. The number of hydrogen-bond donors (Lipinski definition) is 1. The molecule has 1 N–H and O–H groups in total. The predicted molar refractivity (Wildman–Crippen MR) is 113 cm³/mol. The molecular formula is C23H28N2O4. The number of imidazole rings is 1. The fourth-order valence-corrected chi connectivity index (χ4v) is 4.37. The molecule has 2 aromatic carbocycles. The lowest BCUT2D eigenvalue weighted by Crippen LogP contribution is -2.31. The zero-order valence-electron chi connectivity index (χ0n) is 17.2. The third-order valence-corrected chi connectivity index (χ3v) is 5.94. The van der Waals surface area contributed by atoms with Gasteiger partial charge in [-0.3, -0.25) is 9.13 Å². The highest BCUT2D eigenvalue weighted by Gasteiger charge is 2.25. The van der Waals surface area contributed by atoms with Gasteiger partial charge in [0.2, 0.25) is 0 Å². The first-order valence-electron chi connectivity index (χ1n) is 10.1. The highest BCUT2D eigenvalue weighted by molar-refractivity contribution is 5.77. The molecule has 29 heavy (non-hydrogen) atoms. The number of aromatic nitrogens is 2. The van der Waals surface area contributed by atoms with E-state index in [4.69, 9.17) is 9.47 Å². The Kier molecular flexibility index (Phi) is 5.37. The second-order valence-electron chi connectivity index (χ2n) is 7.88. The zero-order chi connectivity index (χ0) is 20.5. The number of nitrogens with zero attached hydrogens (tertiary/aromatic N) is 2. The quantitative estimate of drug-likeness (QED) is 0.715. The average molecular weight is 396 g/mol. The van der Waals surface area contributed by atoms with Crippen molar-refractivity contribution < 1.29 is 14.6 Å². The molecule has 1 aliphatic rings. The minimum Gasteiger partial charge on any atom is -0.493 e. The van der Waals surface area contributed by atoms with E-state index in [-0.39, 0.29) is 17.8 Å². The Hall–Kier alpha value is -2.73. The van der Waals surface area contributed by atoms with E-state index >= 15 is 0 Å². The summed E-state index contributed by atoms with van der Waals surface area (Å²) in [4.78, 5) is 13.5. The van der Waals surface area contributed by atoms with Crippen LogP contribution in [0.4, 0.5) is 0 Å². The standard InChI is InChI=1S/C23H28N2O4/c1-15-4-10-19-20(12-15)24(14-16-5-11-21(28-2)22(13-16)29-3)23(27)25(19)17-6-8-18(26)9-7-17/h4-5,10-13,17-18,26H,6-9,14H2,1-3H3/t17-,18-. The lowest BCUT2D eigenvalue weighted by atomic mass is 9.93. The molecule has 6 heteroatoms. The van der Waals surface area contributed by atoms with Gasteiger partial charge >= 0.3 is 5.69 Å². The molecule has 1 aliphatic carbocycles. The number of aryl methyl sites for hydroxylation is 1. The number of hydrogen-bond acceptors (Lipinski definition) is 4. The van der Waals surface area contributed by atoms with E-state index in [1.54, 1.807) is 14.2 Å². The summed E-state index contributed by atoms with van der Waals surface area (Å²) in [5.41, 5.74) is 4.00. The third kappa shape index (κ3) is 3.65. The summed E-state index contributed by atoms with van der Waals surface area (Å²) in [6.07, 6.45) is 2.88. The van der Waals surface area contributed by atoms with Crippen molar-refractivity contribution in [2.45, 2.75) is 51.3 Å². The molecule has 0 bridgehead atoms. The van der Waals surface area contributed by atoms with E-state index in [1.807, 2.05) is 40.3 Å². The average Bonchev–Trinajstić information content (AvgIpc) is 2.99. The minimum absolute atomic E-state index is 0.00164. The second-order valence-corrected chi connectivity index (χ2v) is 7.88. The molecule has 1 fully saturated rings. The summed E-state index contributed by atoms with van der Waals surface area (Å²) in [6.45, 7) is 2.50. The molecule has 0 saturated heterocycles. The molecule has 0 radical (unpaired) electrons. The fourth-order valence-electron chi connectivity index (χ4n) is 4.37. The maximum atomic E-state index is 13.5. The third-order valence-electron chi connectivity index (χ3n) is 5.94. The Bertz CT molecular complexity index is 1070. The highest BCUT2D eigenvalue weighted by Crippen LogP contribution is 2.32. The van der Waals surface area contributed by atoms with Gasteiger partial charge in [-0.05, 0) is 68.0 Å². The summed E-state index contributed by atoms with van der Waals surface area (Å²) in [7, 11) is 3.22. The summed E-state index contributed by atoms with van der Waals surface area (Å²) < 4.78 is 14.5. The van der Waals surface area contributed by atoms with Crippen LogP contribution < -0.4 is 15.2 Å². The highest BCUT2D eigenvalue weighted by atomic mass is 16.5. The molecule has 0 unspecified atom stereocenters.